The third-order valence-electron chi connectivity index (χ3n) is 6.17. The summed E-state index contributed by atoms with van der Waals surface area (Å²) in [4.78, 5) is 22.2. The number of benzene rings is 2. The van der Waals surface area contributed by atoms with Crippen LogP contribution in [-0.2, 0) is 11.2 Å². The fourth-order valence-corrected chi connectivity index (χ4v) is 4.50. The van der Waals surface area contributed by atoms with Crippen LogP contribution >= 0.6 is 0 Å². The highest BCUT2D eigenvalue weighted by Gasteiger charge is 2.29. The molecule has 0 radical (unpaired) electrons. The molecule has 0 aliphatic carbocycles. The Kier molecular flexibility index (Phi) is 4.65. The number of H-pyrrole nitrogens is 1. The van der Waals surface area contributed by atoms with Crippen molar-refractivity contribution >= 4 is 28.5 Å². The quantitative estimate of drug-likeness (QED) is 0.532. The molecule has 8 nitrogen and oxygen atoms in total. The maximum atomic E-state index is 5.55. The van der Waals surface area contributed by atoms with E-state index < -0.39 is 0 Å². The maximum Gasteiger partial charge on any atom is 0.228 e. The van der Waals surface area contributed by atoms with Crippen LogP contribution in [0.1, 0.15) is 5.56 Å². The fourth-order valence-electron chi connectivity index (χ4n) is 4.50. The Morgan fingerprint density at radius 1 is 1.03 bits per heavy atom. The van der Waals surface area contributed by atoms with Gasteiger partial charge in [-0.3, -0.25) is 0 Å². The molecule has 2 aliphatic rings. The number of fused-ring (bicyclic) bond motifs is 2. The van der Waals surface area contributed by atoms with Gasteiger partial charge in [-0.1, -0.05) is 12.1 Å². The SMILES string of the molecule is COc1cccc(-c2nc(N3CCOCC3)nc3c2CCN3c2ccc3[nH]cnc3c2)c1. The van der Waals surface area contributed by atoms with Gasteiger partial charge in [0.1, 0.15) is 11.6 Å². The standard InChI is InChI=1S/C24H24N6O2/c1-31-18-4-2-3-16(13-18)22-19-7-8-30(17-5-6-20-21(14-17)26-15-25-20)23(19)28-24(27-22)29-9-11-32-12-10-29/h2-6,13-15H,7-12H2,1H3,(H,25,26). The molecule has 32 heavy (non-hydrogen) atoms. The van der Waals surface area contributed by atoms with Crippen molar-refractivity contribution in [2.24, 2.45) is 0 Å². The smallest absolute Gasteiger partial charge is 0.228 e. The number of hydrogen-bond donors (Lipinski definition) is 1. The topological polar surface area (TPSA) is 79.4 Å². The number of aromatic nitrogens is 4. The summed E-state index contributed by atoms with van der Waals surface area (Å²) in [5.74, 6) is 2.54. The average molecular weight is 428 g/mol. The largest absolute Gasteiger partial charge is 0.497 e. The predicted molar refractivity (Wildman–Crippen MR) is 124 cm³/mol. The lowest BCUT2D eigenvalue weighted by molar-refractivity contribution is 0.122. The molecule has 0 saturated carbocycles. The summed E-state index contributed by atoms with van der Waals surface area (Å²) in [7, 11) is 1.69. The van der Waals surface area contributed by atoms with Crippen molar-refractivity contribution in [2.45, 2.75) is 6.42 Å². The molecule has 0 spiro atoms. The van der Waals surface area contributed by atoms with Crippen LogP contribution in [-0.4, -0.2) is 59.9 Å². The second-order valence-corrected chi connectivity index (χ2v) is 8.01. The van der Waals surface area contributed by atoms with Crippen molar-refractivity contribution in [3.63, 3.8) is 0 Å². The van der Waals surface area contributed by atoms with Gasteiger partial charge < -0.3 is 24.3 Å². The Balaban J connectivity index is 1.49. The van der Waals surface area contributed by atoms with Gasteiger partial charge in [-0.2, -0.15) is 4.98 Å². The zero-order valence-corrected chi connectivity index (χ0v) is 17.9. The molecule has 8 heteroatoms. The lowest BCUT2D eigenvalue weighted by atomic mass is 10.1. The number of morpholine rings is 1. The van der Waals surface area contributed by atoms with Crippen LogP contribution in [0.3, 0.4) is 0 Å². The van der Waals surface area contributed by atoms with Crippen molar-refractivity contribution in [1.29, 1.82) is 0 Å². The molecule has 0 unspecified atom stereocenters. The molecule has 0 atom stereocenters. The van der Waals surface area contributed by atoms with Gasteiger partial charge in [0.25, 0.3) is 0 Å². The number of anilines is 3. The van der Waals surface area contributed by atoms with Crippen molar-refractivity contribution in [2.75, 3.05) is 49.8 Å². The zero-order chi connectivity index (χ0) is 21.5. The van der Waals surface area contributed by atoms with Crippen molar-refractivity contribution in [1.82, 2.24) is 19.9 Å². The van der Waals surface area contributed by atoms with Crippen LogP contribution in [0.5, 0.6) is 5.75 Å². The van der Waals surface area contributed by atoms with E-state index in [1.165, 1.54) is 0 Å². The van der Waals surface area contributed by atoms with E-state index in [2.05, 4.69) is 44.0 Å². The fraction of sp³-hybridized carbons (Fsp3) is 0.292. The van der Waals surface area contributed by atoms with Crippen LogP contribution < -0.4 is 14.5 Å². The van der Waals surface area contributed by atoms with E-state index in [4.69, 9.17) is 19.4 Å². The lowest BCUT2D eigenvalue weighted by Crippen LogP contribution is -2.37. The molecule has 0 bridgehead atoms. The predicted octanol–water partition coefficient (Wildman–Crippen LogP) is 3.56. The molecule has 162 valence electrons. The average Bonchev–Trinajstić information content (AvgIpc) is 3.50. The van der Waals surface area contributed by atoms with E-state index >= 15 is 0 Å². The molecule has 1 saturated heterocycles. The highest BCUT2D eigenvalue weighted by Crippen LogP contribution is 2.40. The van der Waals surface area contributed by atoms with Crippen molar-refractivity contribution in [3.8, 4) is 17.0 Å². The molecule has 2 aromatic heterocycles. The third kappa shape index (κ3) is 3.23. The van der Waals surface area contributed by atoms with E-state index in [0.717, 1.165) is 77.1 Å². The summed E-state index contributed by atoms with van der Waals surface area (Å²) in [5, 5.41) is 0. The van der Waals surface area contributed by atoms with Gasteiger partial charge in [0.05, 0.1) is 43.4 Å². The first kappa shape index (κ1) is 19.1. The number of ether oxygens (including phenoxy) is 2. The van der Waals surface area contributed by atoms with Crippen LogP contribution in [0.15, 0.2) is 48.8 Å². The van der Waals surface area contributed by atoms with E-state index in [0.29, 0.717) is 13.2 Å². The highest BCUT2D eigenvalue weighted by atomic mass is 16.5. The summed E-state index contributed by atoms with van der Waals surface area (Å²) in [5.41, 5.74) is 6.25. The maximum absolute atomic E-state index is 5.55. The van der Waals surface area contributed by atoms with E-state index in [1.807, 2.05) is 18.2 Å². The normalized spacial score (nSPS) is 15.9. The van der Waals surface area contributed by atoms with Gasteiger partial charge in [0.2, 0.25) is 5.95 Å². The van der Waals surface area contributed by atoms with E-state index in [1.54, 1.807) is 13.4 Å². The van der Waals surface area contributed by atoms with E-state index in [9.17, 15) is 0 Å². The third-order valence-corrected chi connectivity index (χ3v) is 6.17. The molecule has 6 rings (SSSR count). The van der Waals surface area contributed by atoms with E-state index in [-0.39, 0.29) is 0 Å². The summed E-state index contributed by atoms with van der Waals surface area (Å²) < 4.78 is 11.0. The Morgan fingerprint density at radius 3 is 2.81 bits per heavy atom. The van der Waals surface area contributed by atoms with Crippen LogP contribution in [0, 0.1) is 0 Å². The zero-order valence-electron chi connectivity index (χ0n) is 17.9. The molecule has 1 fully saturated rings. The number of aromatic amines is 1. The Labute approximate surface area is 185 Å². The minimum Gasteiger partial charge on any atom is -0.497 e. The van der Waals surface area contributed by atoms with Crippen molar-refractivity contribution in [3.05, 3.63) is 54.4 Å². The van der Waals surface area contributed by atoms with Crippen molar-refractivity contribution < 1.29 is 9.47 Å². The number of nitrogens with one attached hydrogen (secondary N) is 1. The molecule has 4 heterocycles. The monoisotopic (exact) mass is 428 g/mol. The summed E-state index contributed by atoms with van der Waals surface area (Å²) in [6.07, 6.45) is 2.61. The second kappa shape index (κ2) is 7.80. The Hall–Kier alpha value is -3.65. The summed E-state index contributed by atoms with van der Waals surface area (Å²) in [6, 6.07) is 14.4. The number of rotatable bonds is 4. The van der Waals surface area contributed by atoms with Gasteiger partial charge in [0, 0.05) is 36.4 Å². The highest BCUT2D eigenvalue weighted by molar-refractivity contribution is 5.83. The number of methoxy groups -OCH3 is 1. The minimum atomic E-state index is 0.689. The lowest BCUT2D eigenvalue weighted by Gasteiger charge is -2.28. The van der Waals surface area contributed by atoms with Gasteiger partial charge >= 0.3 is 0 Å². The molecule has 4 aromatic rings. The van der Waals surface area contributed by atoms with Gasteiger partial charge in [-0.15, -0.1) is 0 Å². The first-order chi connectivity index (χ1) is 15.8. The summed E-state index contributed by atoms with van der Waals surface area (Å²) in [6.45, 7) is 3.80. The Bertz CT molecular complexity index is 1280. The van der Waals surface area contributed by atoms with Crippen LogP contribution in [0.2, 0.25) is 0 Å². The first-order valence-corrected chi connectivity index (χ1v) is 10.9. The number of nitrogens with zero attached hydrogens (tertiary/aromatic N) is 5. The van der Waals surface area contributed by atoms with Gasteiger partial charge in [-0.05, 0) is 36.8 Å². The van der Waals surface area contributed by atoms with Gasteiger partial charge in [0.15, 0.2) is 0 Å². The van der Waals surface area contributed by atoms with Crippen LogP contribution in [0.4, 0.5) is 17.5 Å². The van der Waals surface area contributed by atoms with Gasteiger partial charge in [-0.25, -0.2) is 9.97 Å². The number of imidazole rings is 1. The molecule has 0 amide bonds. The Morgan fingerprint density at radius 2 is 1.94 bits per heavy atom. The first-order valence-electron chi connectivity index (χ1n) is 10.9. The molecule has 2 aromatic carbocycles. The number of hydrogen-bond acceptors (Lipinski definition) is 7. The molecule has 2 aliphatic heterocycles. The second-order valence-electron chi connectivity index (χ2n) is 8.01. The minimum absolute atomic E-state index is 0.689. The summed E-state index contributed by atoms with van der Waals surface area (Å²) >= 11 is 0. The van der Waals surface area contributed by atoms with Crippen LogP contribution in [0.25, 0.3) is 22.3 Å². The molecular weight excluding hydrogens is 404 g/mol. The molecule has 1 N–H and O–H groups in total. The molecular formula is C24H24N6O2.